The van der Waals surface area contributed by atoms with Gasteiger partial charge in [-0.05, 0) is 30.4 Å². The van der Waals surface area contributed by atoms with Gasteiger partial charge in [0.05, 0.1) is 18.3 Å². The van der Waals surface area contributed by atoms with Gasteiger partial charge in [-0.2, -0.15) is 5.10 Å². The Kier molecular flexibility index (Phi) is 5.50. The van der Waals surface area contributed by atoms with E-state index in [9.17, 15) is 9.59 Å². The molecule has 1 atom stereocenters. The molecule has 1 aromatic heterocycles. The minimum absolute atomic E-state index is 0.0587. The molecule has 0 bridgehead atoms. The van der Waals surface area contributed by atoms with Gasteiger partial charge in [0.15, 0.2) is 0 Å². The van der Waals surface area contributed by atoms with Crippen LogP contribution in [-0.2, 0) is 16.0 Å². The molecule has 2 aliphatic rings. The second-order valence-corrected chi connectivity index (χ2v) is 9.08. The molecule has 1 N–H and O–H groups in total. The van der Waals surface area contributed by atoms with Gasteiger partial charge in [0.1, 0.15) is 11.5 Å². The highest BCUT2D eigenvalue weighted by Gasteiger charge is 2.35. The lowest BCUT2D eigenvalue weighted by Crippen LogP contribution is -2.36. The van der Waals surface area contributed by atoms with Crippen molar-refractivity contribution in [1.29, 1.82) is 0 Å². The van der Waals surface area contributed by atoms with Gasteiger partial charge in [-0.1, -0.05) is 44.2 Å². The summed E-state index contributed by atoms with van der Waals surface area (Å²) in [6.07, 6.45) is 2.79. The first-order chi connectivity index (χ1) is 14.3. The summed E-state index contributed by atoms with van der Waals surface area (Å²) in [5.41, 5.74) is 3.09. The van der Waals surface area contributed by atoms with Crippen LogP contribution in [0.15, 0.2) is 45.9 Å². The number of carbonyl (C=O) groups is 2. The average molecular weight is 408 g/mol. The smallest absolute Gasteiger partial charge is 0.243 e. The molecule has 1 unspecified atom stereocenters. The third-order valence-corrected chi connectivity index (χ3v) is 5.83. The van der Waals surface area contributed by atoms with E-state index in [2.05, 4.69) is 24.3 Å². The van der Waals surface area contributed by atoms with Gasteiger partial charge >= 0.3 is 0 Å². The van der Waals surface area contributed by atoms with Gasteiger partial charge in [-0.3, -0.25) is 9.59 Å². The summed E-state index contributed by atoms with van der Waals surface area (Å²) in [6, 6.07) is 11.8. The minimum Gasteiger partial charge on any atom is -0.466 e. The molecule has 6 nitrogen and oxygen atoms in total. The molecule has 1 aliphatic heterocycles. The van der Waals surface area contributed by atoms with Crippen LogP contribution in [0.25, 0.3) is 0 Å². The van der Waals surface area contributed by atoms with E-state index in [0.29, 0.717) is 6.54 Å². The number of carbonyl (C=O) groups excluding carboxylic acids is 2. The van der Waals surface area contributed by atoms with Gasteiger partial charge in [0, 0.05) is 31.2 Å². The summed E-state index contributed by atoms with van der Waals surface area (Å²) in [4.78, 5) is 25.1. The van der Waals surface area contributed by atoms with Crippen molar-refractivity contribution in [2.45, 2.75) is 58.9 Å². The number of fused-ring (bicyclic) bond motifs is 1. The van der Waals surface area contributed by atoms with Gasteiger partial charge in [-0.15, -0.1) is 0 Å². The first-order valence-electron chi connectivity index (χ1n) is 10.6. The molecule has 0 spiro atoms. The second kappa shape index (κ2) is 8.09. The number of nitrogens with one attached hydrogen (secondary N) is 1. The highest BCUT2D eigenvalue weighted by Crippen LogP contribution is 2.42. The molecule has 2 heterocycles. The molecule has 1 aromatic carbocycles. The zero-order valence-corrected chi connectivity index (χ0v) is 17.9. The van der Waals surface area contributed by atoms with Crippen LogP contribution >= 0.6 is 0 Å². The Labute approximate surface area is 177 Å². The fraction of sp³-hybridized carbons (Fsp3) is 0.458. The Morgan fingerprint density at radius 1 is 1.23 bits per heavy atom. The molecule has 2 aromatic rings. The number of hydrogen-bond donors (Lipinski definition) is 1. The van der Waals surface area contributed by atoms with Crippen LogP contribution in [0.1, 0.15) is 68.2 Å². The van der Waals surface area contributed by atoms with Gasteiger partial charge in [0.2, 0.25) is 11.8 Å². The van der Waals surface area contributed by atoms with Crippen LogP contribution in [0.3, 0.4) is 0 Å². The SMILES string of the molecule is Cc1cc2c(o1)CC(C)(C)CC2NC(=O)CCC(=O)N1CCC(c2ccccc2)=N1. The molecule has 1 aliphatic carbocycles. The Bertz CT molecular complexity index is 975. The summed E-state index contributed by atoms with van der Waals surface area (Å²) in [5, 5.41) is 9.08. The zero-order valence-electron chi connectivity index (χ0n) is 17.9. The zero-order chi connectivity index (χ0) is 21.3. The van der Waals surface area contributed by atoms with Crippen molar-refractivity contribution in [1.82, 2.24) is 10.3 Å². The summed E-state index contributed by atoms with van der Waals surface area (Å²) in [7, 11) is 0. The van der Waals surface area contributed by atoms with E-state index in [1.54, 1.807) is 0 Å². The lowest BCUT2D eigenvalue weighted by molar-refractivity contribution is -0.133. The number of amides is 2. The lowest BCUT2D eigenvalue weighted by Gasteiger charge is -2.34. The van der Waals surface area contributed by atoms with Crippen molar-refractivity contribution >= 4 is 17.5 Å². The highest BCUT2D eigenvalue weighted by molar-refractivity contribution is 6.02. The molecular weight excluding hydrogens is 378 g/mol. The van der Waals surface area contributed by atoms with Crippen LogP contribution in [0, 0.1) is 12.3 Å². The summed E-state index contributed by atoms with van der Waals surface area (Å²) in [6.45, 7) is 6.88. The molecule has 2 amide bonds. The van der Waals surface area contributed by atoms with Crippen LogP contribution in [-0.4, -0.2) is 29.1 Å². The molecule has 158 valence electrons. The minimum atomic E-state index is -0.111. The van der Waals surface area contributed by atoms with Crippen LogP contribution in [0.5, 0.6) is 0 Å². The van der Waals surface area contributed by atoms with Crippen molar-refractivity contribution in [2.75, 3.05) is 6.54 Å². The van der Waals surface area contributed by atoms with Crippen molar-refractivity contribution in [2.24, 2.45) is 10.5 Å². The predicted octanol–water partition coefficient (Wildman–Crippen LogP) is 4.13. The third-order valence-electron chi connectivity index (χ3n) is 5.83. The van der Waals surface area contributed by atoms with Crippen LogP contribution < -0.4 is 5.32 Å². The maximum atomic E-state index is 12.6. The van der Waals surface area contributed by atoms with Crippen molar-refractivity contribution < 1.29 is 14.0 Å². The molecule has 0 saturated carbocycles. The van der Waals surface area contributed by atoms with E-state index in [0.717, 1.165) is 47.6 Å². The largest absolute Gasteiger partial charge is 0.466 e. The van der Waals surface area contributed by atoms with E-state index in [-0.39, 0.29) is 36.1 Å². The Morgan fingerprint density at radius 3 is 2.77 bits per heavy atom. The maximum Gasteiger partial charge on any atom is 0.243 e. The fourth-order valence-corrected chi connectivity index (χ4v) is 4.40. The Morgan fingerprint density at radius 2 is 2.00 bits per heavy atom. The average Bonchev–Trinajstić information content (AvgIpc) is 3.32. The highest BCUT2D eigenvalue weighted by atomic mass is 16.3. The van der Waals surface area contributed by atoms with E-state index in [1.807, 2.05) is 43.3 Å². The monoisotopic (exact) mass is 407 g/mol. The van der Waals surface area contributed by atoms with Crippen LogP contribution in [0.2, 0.25) is 0 Å². The van der Waals surface area contributed by atoms with Gasteiger partial charge < -0.3 is 9.73 Å². The molecular formula is C24H29N3O3. The first-order valence-corrected chi connectivity index (χ1v) is 10.6. The normalized spacial score (nSPS) is 19.9. The number of hydrogen-bond acceptors (Lipinski definition) is 4. The molecule has 4 rings (SSSR count). The molecule has 0 fully saturated rings. The number of nitrogens with zero attached hydrogens (tertiary/aromatic N) is 2. The van der Waals surface area contributed by atoms with E-state index in [1.165, 1.54) is 5.01 Å². The molecule has 0 radical (unpaired) electrons. The summed E-state index contributed by atoms with van der Waals surface area (Å²) in [5.74, 6) is 1.61. The predicted molar refractivity (Wildman–Crippen MR) is 115 cm³/mol. The second-order valence-electron chi connectivity index (χ2n) is 9.08. The standard InChI is InChI=1S/C24H29N3O3/c1-16-13-18-20(14-24(2,3)15-21(18)30-16)25-22(28)9-10-23(29)27-12-11-19(26-27)17-7-5-4-6-8-17/h4-8,13,20H,9-12,14-15H2,1-3H3,(H,25,28). The topological polar surface area (TPSA) is 74.9 Å². The summed E-state index contributed by atoms with van der Waals surface area (Å²) >= 11 is 0. The fourth-order valence-electron chi connectivity index (χ4n) is 4.40. The van der Waals surface area contributed by atoms with E-state index in [4.69, 9.17) is 4.42 Å². The van der Waals surface area contributed by atoms with E-state index < -0.39 is 0 Å². The number of hydrazone groups is 1. The van der Waals surface area contributed by atoms with E-state index >= 15 is 0 Å². The number of aryl methyl sites for hydroxylation is 1. The van der Waals surface area contributed by atoms with Crippen molar-refractivity contribution in [3.63, 3.8) is 0 Å². The molecule has 6 heteroatoms. The maximum absolute atomic E-state index is 12.6. The Hall–Kier alpha value is -2.89. The quantitative estimate of drug-likeness (QED) is 0.810. The first kappa shape index (κ1) is 20.4. The lowest BCUT2D eigenvalue weighted by atomic mass is 9.74. The van der Waals surface area contributed by atoms with Crippen molar-refractivity contribution in [3.8, 4) is 0 Å². The number of furan rings is 1. The van der Waals surface area contributed by atoms with Crippen LogP contribution in [0.4, 0.5) is 0 Å². The molecule has 30 heavy (non-hydrogen) atoms. The third kappa shape index (κ3) is 4.48. The number of benzene rings is 1. The van der Waals surface area contributed by atoms with Gasteiger partial charge in [-0.25, -0.2) is 5.01 Å². The van der Waals surface area contributed by atoms with Gasteiger partial charge in [0.25, 0.3) is 0 Å². The Balaban J connectivity index is 1.33. The molecule has 0 saturated heterocycles. The summed E-state index contributed by atoms with van der Waals surface area (Å²) < 4.78 is 5.84. The van der Waals surface area contributed by atoms with Crippen molar-refractivity contribution in [3.05, 3.63) is 59.0 Å². The number of rotatable bonds is 5.